The second kappa shape index (κ2) is 6.26. The molecule has 0 unspecified atom stereocenters. The van der Waals surface area contributed by atoms with Crippen LogP contribution in [0.4, 0.5) is 0 Å². The molecular weight excluding hydrogens is 222 g/mol. The van der Waals surface area contributed by atoms with Crippen molar-refractivity contribution in [3.63, 3.8) is 0 Å². The largest absolute Gasteiger partial charge is 0.293 e. The fourth-order valence-electron chi connectivity index (χ4n) is 2.23. The zero-order chi connectivity index (χ0) is 12.8. The third-order valence-corrected chi connectivity index (χ3v) is 3.13. The quantitative estimate of drug-likeness (QED) is 0.805. The second-order valence-electron chi connectivity index (χ2n) is 4.45. The van der Waals surface area contributed by atoms with Crippen LogP contribution in [0.15, 0.2) is 48.9 Å². The molecule has 3 heteroatoms. The zero-order valence-electron chi connectivity index (χ0n) is 11.0. The van der Waals surface area contributed by atoms with Crippen LogP contribution in [-0.4, -0.2) is 21.9 Å². The Bertz CT molecular complexity index is 456. The van der Waals surface area contributed by atoms with E-state index in [-0.39, 0.29) is 0 Å². The maximum Gasteiger partial charge on any atom is 0.0544 e. The second-order valence-corrected chi connectivity index (χ2v) is 4.45. The molecule has 0 bridgehead atoms. The van der Waals surface area contributed by atoms with Crippen LogP contribution >= 0.6 is 0 Å². The van der Waals surface area contributed by atoms with Crippen molar-refractivity contribution in [2.45, 2.75) is 25.9 Å². The summed E-state index contributed by atoms with van der Waals surface area (Å²) in [5.41, 5.74) is 2.36. The molecule has 0 aliphatic rings. The van der Waals surface area contributed by atoms with Crippen LogP contribution in [0.3, 0.4) is 0 Å². The van der Waals surface area contributed by atoms with Gasteiger partial charge in [-0.2, -0.15) is 0 Å². The minimum atomic E-state index is 0.390. The van der Waals surface area contributed by atoms with Crippen LogP contribution in [0.1, 0.15) is 30.6 Å². The van der Waals surface area contributed by atoms with Gasteiger partial charge in [0.05, 0.1) is 5.69 Å². The standard InChI is InChI=1S/C15H19N3/c1-3-15(13-7-6-9-16-11-13)18(2)12-14-8-4-5-10-17-14/h4-11,15H,3,12H2,1-2H3/t15-/m1/s1. The molecule has 0 radical (unpaired) electrons. The van der Waals surface area contributed by atoms with E-state index in [1.54, 1.807) is 0 Å². The molecule has 0 saturated carbocycles. The highest BCUT2D eigenvalue weighted by atomic mass is 15.1. The Hall–Kier alpha value is -1.74. The van der Waals surface area contributed by atoms with Crippen molar-refractivity contribution >= 4 is 0 Å². The van der Waals surface area contributed by atoms with Crippen molar-refractivity contribution in [1.82, 2.24) is 14.9 Å². The molecule has 0 aliphatic heterocycles. The third-order valence-electron chi connectivity index (χ3n) is 3.13. The van der Waals surface area contributed by atoms with E-state index < -0.39 is 0 Å². The summed E-state index contributed by atoms with van der Waals surface area (Å²) >= 11 is 0. The highest BCUT2D eigenvalue weighted by Crippen LogP contribution is 2.23. The van der Waals surface area contributed by atoms with E-state index in [0.717, 1.165) is 18.7 Å². The van der Waals surface area contributed by atoms with Gasteiger partial charge < -0.3 is 0 Å². The van der Waals surface area contributed by atoms with Gasteiger partial charge in [-0.25, -0.2) is 0 Å². The average molecular weight is 241 g/mol. The minimum Gasteiger partial charge on any atom is -0.293 e. The summed E-state index contributed by atoms with van der Waals surface area (Å²) in [7, 11) is 2.13. The lowest BCUT2D eigenvalue weighted by Gasteiger charge is -2.26. The van der Waals surface area contributed by atoms with Crippen molar-refractivity contribution in [3.05, 3.63) is 60.2 Å². The highest BCUT2D eigenvalue weighted by molar-refractivity contribution is 5.14. The van der Waals surface area contributed by atoms with Crippen LogP contribution in [0.2, 0.25) is 0 Å². The lowest BCUT2D eigenvalue weighted by Crippen LogP contribution is -2.24. The molecule has 2 aromatic rings. The first kappa shape index (κ1) is 12.7. The van der Waals surface area contributed by atoms with E-state index in [1.165, 1.54) is 5.56 Å². The Morgan fingerprint density at radius 2 is 2.06 bits per heavy atom. The van der Waals surface area contributed by atoms with Crippen molar-refractivity contribution in [2.75, 3.05) is 7.05 Å². The van der Waals surface area contributed by atoms with Gasteiger partial charge in [-0.3, -0.25) is 14.9 Å². The summed E-state index contributed by atoms with van der Waals surface area (Å²) < 4.78 is 0. The van der Waals surface area contributed by atoms with Crippen molar-refractivity contribution in [1.29, 1.82) is 0 Å². The third kappa shape index (κ3) is 3.14. The van der Waals surface area contributed by atoms with Crippen LogP contribution < -0.4 is 0 Å². The molecule has 0 spiro atoms. The molecular formula is C15H19N3. The molecule has 0 amide bonds. The fraction of sp³-hybridized carbons (Fsp3) is 0.333. The van der Waals surface area contributed by atoms with Gasteiger partial charge in [-0.05, 0) is 37.2 Å². The van der Waals surface area contributed by atoms with Crippen LogP contribution in [0.5, 0.6) is 0 Å². The molecule has 0 aromatic carbocycles. The topological polar surface area (TPSA) is 29.0 Å². The maximum absolute atomic E-state index is 4.37. The lowest BCUT2D eigenvalue weighted by molar-refractivity contribution is 0.227. The maximum atomic E-state index is 4.37. The summed E-state index contributed by atoms with van der Waals surface area (Å²) in [6.45, 7) is 3.06. The van der Waals surface area contributed by atoms with E-state index in [1.807, 2.05) is 36.8 Å². The van der Waals surface area contributed by atoms with Gasteiger partial charge in [-0.1, -0.05) is 19.1 Å². The molecule has 0 fully saturated rings. The van der Waals surface area contributed by atoms with Crippen molar-refractivity contribution in [3.8, 4) is 0 Å². The smallest absolute Gasteiger partial charge is 0.0544 e. The molecule has 1 atom stereocenters. The summed E-state index contributed by atoms with van der Waals surface area (Å²) in [4.78, 5) is 10.9. The number of hydrogen-bond donors (Lipinski definition) is 0. The van der Waals surface area contributed by atoms with E-state index in [9.17, 15) is 0 Å². The first-order valence-corrected chi connectivity index (χ1v) is 6.31. The summed E-state index contributed by atoms with van der Waals surface area (Å²) in [6.07, 6.45) is 6.67. The average Bonchev–Trinajstić information content (AvgIpc) is 2.42. The SMILES string of the molecule is CC[C@H](c1cccnc1)N(C)Cc1ccccn1. The molecule has 94 valence electrons. The first-order valence-electron chi connectivity index (χ1n) is 6.31. The van der Waals surface area contributed by atoms with Crippen molar-refractivity contribution in [2.24, 2.45) is 0 Å². The number of rotatable bonds is 5. The van der Waals surface area contributed by atoms with Crippen LogP contribution in [-0.2, 0) is 6.54 Å². The van der Waals surface area contributed by atoms with E-state index >= 15 is 0 Å². The van der Waals surface area contributed by atoms with E-state index in [0.29, 0.717) is 6.04 Å². The van der Waals surface area contributed by atoms with Gasteiger partial charge >= 0.3 is 0 Å². The first-order chi connectivity index (χ1) is 8.81. The van der Waals surface area contributed by atoms with Gasteiger partial charge in [0.15, 0.2) is 0 Å². The Morgan fingerprint density at radius 3 is 2.67 bits per heavy atom. The van der Waals surface area contributed by atoms with Crippen molar-refractivity contribution < 1.29 is 0 Å². The van der Waals surface area contributed by atoms with Gasteiger partial charge in [0.1, 0.15) is 0 Å². The monoisotopic (exact) mass is 241 g/mol. The number of pyridine rings is 2. The van der Waals surface area contributed by atoms with E-state index in [2.05, 4.69) is 41.0 Å². The number of nitrogens with zero attached hydrogens (tertiary/aromatic N) is 3. The zero-order valence-corrected chi connectivity index (χ0v) is 11.0. The molecule has 0 aliphatic carbocycles. The molecule has 0 saturated heterocycles. The summed E-state index contributed by atoms with van der Waals surface area (Å²) in [6, 6.07) is 10.6. The van der Waals surface area contributed by atoms with E-state index in [4.69, 9.17) is 0 Å². The van der Waals surface area contributed by atoms with Gasteiger partial charge in [0.25, 0.3) is 0 Å². The molecule has 2 rings (SSSR count). The van der Waals surface area contributed by atoms with Crippen LogP contribution in [0, 0.1) is 0 Å². The van der Waals surface area contributed by atoms with Crippen LogP contribution in [0.25, 0.3) is 0 Å². The minimum absolute atomic E-state index is 0.390. The van der Waals surface area contributed by atoms with Gasteiger partial charge in [0, 0.05) is 31.2 Å². The summed E-state index contributed by atoms with van der Waals surface area (Å²) in [5.74, 6) is 0. The molecule has 0 N–H and O–H groups in total. The predicted octanol–water partition coefficient (Wildman–Crippen LogP) is 3.06. The number of hydrogen-bond acceptors (Lipinski definition) is 3. The molecule has 2 aromatic heterocycles. The fourth-order valence-corrected chi connectivity index (χ4v) is 2.23. The Morgan fingerprint density at radius 1 is 1.17 bits per heavy atom. The Kier molecular flexibility index (Phi) is 4.42. The summed E-state index contributed by atoms with van der Waals surface area (Å²) in [5, 5.41) is 0. The lowest BCUT2D eigenvalue weighted by atomic mass is 10.1. The number of aromatic nitrogens is 2. The van der Waals surface area contributed by atoms with Gasteiger partial charge in [-0.15, -0.1) is 0 Å². The van der Waals surface area contributed by atoms with Gasteiger partial charge in [0.2, 0.25) is 0 Å². The molecule has 18 heavy (non-hydrogen) atoms. The predicted molar refractivity (Wildman–Crippen MR) is 73.0 cm³/mol. The Labute approximate surface area is 109 Å². The highest BCUT2D eigenvalue weighted by Gasteiger charge is 2.15. The molecule has 3 nitrogen and oxygen atoms in total. The molecule has 2 heterocycles. The Balaban J connectivity index is 2.09. The normalized spacial score (nSPS) is 12.6.